The number of hydrogen-bond acceptors (Lipinski definition) is 4. The van der Waals surface area contributed by atoms with Crippen molar-refractivity contribution in [3.05, 3.63) is 48.7 Å². The molecule has 0 saturated heterocycles. The fraction of sp³-hybridized carbons (Fsp3) is 0. The van der Waals surface area contributed by atoms with Crippen molar-refractivity contribution in [1.82, 2.24) is 9.38 Å². The Kier molecular flexibility index (Phi) is 2.25. The predicted octanol–water partition coefficient (Wildman–Crippen LogP) is 3.50. The summed E-state index contributed by atoms with van der Waals surface area (Å²) in [6.07, 6.45) is 1.99. The molecule has 5 heteroatoms. The summed E-state index contributed by atoms with van der Waals surface area (Å²) in [5.41, 5.74) is 9.35. The van der Waals surface area contributed by atoms with E-state index >= 15 is 0 Å². The summed E-state index contributed by atoms with van der Waals surface area (Å²) in [7, 11) is 0. The van der Waals surface area contributed by atoms with Crippen LogP contribution in [0.25, 0.3) is 26.4 Å². The Morgan fingerprint density at radius 3 is 2.70 bits per heavy atom. The summed E-state index contributed by atoms with van der Waals surface area (Å²) >= 11 is 1.61. The number of hydrogen-bond donors (Lipinski definition) is 2. The highest BCUT2D eigenvalue weighted by Gasteiger charge is 2.10. The summed E-state index contributed by atoms with van der Waals surface area (Å²) in [6, 6.07) is 13.0. The molecule has 2 aromatic carbocycles. The van der Waals surface area contributed by atoms with Crippen molar-refractivity contribution in [1.29, 1.82) is 0 Å². The van der Waals surface area contributed by atoms with E-state index in [-0.39, 0.29) is 5.75 Å². The van der Waals surface area contributed by atoms with Crippen LogP contribution in [-0.2, 0) is 0 Å². The van der Waals surface area contributed by atoms with Gasteiger partial charge < -0.3 is 10.8 Å². The third-order valence-electron chi connectivity index (χ3n) is 3.28. The van der Waals surface area contributed by atoms with Gasteiger partial charge in [-0.3, -0.25) is 4.40 Å². The lowest BCUT2D eigenvalue weighted by atomic mass is 10.1. The number of aromatic nitrogens is 2. The second kappa shape index (κ2) is 3.98. The number of imidazole rings is 1. The SMILES string of the molecule is Nc1ccc(-c2cn3c(n2)sc2ccc(O)cc23)cc1. The first kappa shape index (κ1) is 11.3. The Labute approximate surface area is 118 Å². The molecule has 0 radical (unpaired) electrons. The molecule has 4 aromatic rings. The molecule has 0 saturated carbocycles. The minimum atomic E-state index is 0.264. The standard InChI is InChI=1S/C15H11N3OS/c16-10-3-1-9(2-4-10)12-8-18-13-7-11(19)5-6-14(13)20-15(18)17-12/h1-8,19H,16H2. The van der Waals surface area contributed by atoms with Crippen LogP contribution < -0.4 is 5.73 Å². The van der Waals surface area contributed by atoms with Crippen LogP contribution in [-0.4, -0.2) is 14.5 Å². The number of aromatic hydroxyl groups is 1. The van der Waals surface area contributed by atoms with Crippen molar-refractivity contribution in [2.45, 2.75) is 0 Å². The highest BCUT2D eigenvalue weighted by Crippen LogP contribution is 2.31. The lowest BCUT2D eigenvalue weighted by Crippen LogP contribution is -1.83. The van der Waals surface area contributed by atoms with Crippen LogP contribution >= 0.6 is 11.3 Å². The summed E-state index contributed by atoms with van der Waals surface area (Å²) in [5, 5.41) is 9.62. The van der Waals surface area contributed by atoms with Gasteiger partial charge in [-0.15, -0.1) is 0 Å². The first-order chi connectivity index (χ1) is 9.70. The summed E-state index contributed by atoms with van der Waals surface area (Å²) in [6.45, 7) is 0. The molecule has 2 aromatic heterocycles. The van der Waals surface area contributed by atoms with Gasteiger partial charge in [-0.25, -0.2) is 4.98 Å². The predicted molar refractivity (Wildman–Crippen MR) is 82.1 cm³/mol. The molecule has 0 amide bonds. The average Bonchev–Trinajstić information content (AvgIpc) is 2.98. The molecule has 98 valence electrons. The molecular formula is C15H11N3OS. The lowest BCUT2D eigenvalue weighted by Gasteiger charge is -1.97. The summed E-state index contributed by atoms with van der Waals surface area (Å²) in [4.78, 5) is 5.55. The van der Waals surface area contributed by atoms with Gasteiger partial charge in [0.05, 0.1) is 15.9 Å². The van der Waals surface area contributed by atoms with Crippen molar-refractivity contribution in [3.63, 3.8) is 0 Å². The minimum absolute atomic E-state index is 0.264. The van der Waals surface area contributed by atoms with Gasteiger partial charge in [-0.2, -0.15) is 0 Å². The molecule has 2 heterocycles. The number of benzene rings is 2. The number of thiazole rings is 1. The second-order valence-corrected chi connectivity index (χ2v) is 5.66. The van der Waals surface area contributed by atoms with Gasteiger partial charge in [-0.05, 0) is 24.3 Å². The number of phenolic OH excluding ortho intramolecular Hbond substituents is 1. The van der Waals surface area contributed by atoms with E-state index in [0.717, 1.165) is 32.1 Å². The summed E-state index contributed by atoms with van der Waals surface area (Å²) in [5.74, 6) is 0.264. The molecule has 0 aliphatic rings. The van der Waals surface area contributed by atoms with Crippen LogP contribution in [0, 0.1) is 0 Å². The molecule has 0 unspecified atom stereocenters. The Bertz CT molecular complexity index is 922. The average molecular weight is 281 g/mol. The van der Waals surface area contributed by atoms with Crippen LogP contribution in [0.1, 0.15) is 0 Å². The highest BCUT2D eigenvalue weighted by molar-refractivity contribution is 7.23. The Balaban J connectivity index is 1.94. The Hall–Kier alpha value is -2.53. The molecule has 4 nitrogen and oxygen atoms in total. The van der Waals surface area contributed by atoms with Gasteiger partial charge >= 0.3 is 0 Å². The topological polar surface area (TPSA) is 63.5 Å². The molecule has 0 fully saturated rings. The number of nitrogen functional groups attached to an aromatic ring is 1. The first-order valence-electron chi connectivity index (χ1n) is 6.17. The number of phenols is 1. The minimum Gasteiger partial charge on any atom is -0.508 e. The van der Waals surface area contributed by atoms with Gasteiger partial charge in [0, 0.05) is 23.5 Å². The normalized spacial score (nSPS) is 11.4. The van der Waals surface area contributed by atoms with E-state index < -0.39 is 0 Å². The zero-order chi connectivity index (χ0) is 13.7. The van der Waals surface area contributed by atoms with Crippen molar-refractivity contribution >= 4 is 32.2 Å². The molecule has 0 spiro atoms. The van der Waals surface area contributed by atoms with Crippen LogP contribution in [0.5, 0.6) is 5.75 Å². The number of anilines is 1. The van der Waals surface area contributed by atoms with E-state index in [1.54, 1.807) is 23.5 Å². The van der Waals surface area contributed by atoms with E-state index in [0.29, 0.717) is 0 Å². The monoisotopic (exact) mass is 281 g/mol. The number of nitrogens with two attached hydrogens (primary N) is 1. The van der Waals surface area contributed by atoms with Crippen LogP contribution in [0.2, 0.25) is 0 Å². The third-order valence-corrected chi connectivity index (χ3v) is 4.32. The molecule has 0 atom stereocenters. The maximum Gasteiger partial charge on any atom is 0.195 e. The van der Waals surface area contributed by atoms with Crippen LogP contribution in [0.15, 0.2) is 48.7 Å². The van der Waals surface area contributed by atoms with E-state index in [9.17, 15) is 5.11 Å². The van der Waals surface area contributed by atoms with Gasteiger partial charge in [0.2, 0.25) is 0 Å². The van der Waals surface area contributed by atoms with Crippen molar-refractivity contribution in [2.75, 3.05) is 5.73 Å². The van der Waals surface area contributed by atoms with E-state index in [4.69, 9.17) is 5.73 Å². The van der Waals surface area contributed by atoms with Crippen LogP contribution in [0.4, 0.5) is 5.69 Å². The fourth-order valence-electron chi connectivity index (χ4n) is 2.28. The smallest absolute Gasteiger partial charge is 0.195 e. The largest absolute Gasteiger partial charge is 0.508 e. The van der Waals surface area contributed by atoms with Gasteiger partial charge in [0.15, 0.2) is 4.96 Å². The molecule has 20 heavy (non-hydrogen) atoms. The maximum absolute atomic E-state index is 9.62. The van der Waals surface area contributed by atoms with Crippen LogP contribution in [0.3, 0.4) is 0 Å². The molecule has 0 aliphatic carbocycles. The second-order valence-electron chi connectivity index (χ2n) is 4.65. The lowest BCUT2D eigenvalue weighted by molar-refractivity contribution is 0.476. The zero-order valence-electron chi connectivity index (χ0n) is 10.4. The van der Waals surface area contributed by atoms with Gasteiger partial charge in [-0.1, -0.05) is 23.5 Å². The third kappa shape index (κ3) is 1.64. The van der Waals surface area contributed by atoms with E-state index in [2.05, 4.69) is 4.98 Å². The molecule has 3 N–H and O–H groups in total. The quantitative estimate of drug-likeness (QED) is 0.525. The molecule has 0 aliphatic heterocycles. The number of nitrogens with zero attached hydrogens (tertiary/aromatic N) is 2. The first-order valence-corrected chi connectivity index (χ1v) is 6.99. The van der Waals surface area contributed by atoms with Gasteiger partial charge in [0.1, 0.15) is 5.75 Å². The fourth-order valence-corrected chi connectivity index (χ4v) is 3.27. The Morgan fingerprint density at radius 1 is 1.10 bits per heavy atom. The summed E-state index contributed by atoms with van der Waals surface area (Å²) < 4.78 is 3.11. The van der Waals surface area contributed by atoms with Crippen molar-refractivity contribution in [2.24, 2.45) is 0 Å². The van der Waals surface area contributed by atoms with Crippen molar-refractivity contribution < 1.29 is 5.11 Å². The van der Waals surface area contributed by atoms with E-state index in [1.165, 1.54) is 0 Å². The zero-order valence-corrected chi connectivity index (χ0v) is 11.3. The number of fused-ring (bicyclic) bond motifs is 3. The van der Waals surface area contributed by atoms with Gasteiger partial charge in [0.25, 0.3) is 0 Å². The maximum atomic E-state index is 9.62. The van der Waals surface area contributed by atoms with Crippen molar-refractivity contribution in [3.8, 4) is 17.0 Å². The Morgan fingerprint density at radius 2 is 1.90 bits per heavy atom. The molecule has 4 rings (SSSR count). The number of rotatable bonds is 1. The molecular weight excluding hydrogens is 270 g/mol. The molecule has 0 bridgehead atoms. The highest BCUT2D eigenvalue weighted by atomic mass is 32.1. The van der Waals surface area contributed by atoms with E-state index in [1.807, 2.05) is 40.9 Å².